The smallest absolute Gasteiger partial charge is 0.267 e. The van der Waals surface area contributed by atoms with Crippen LogP contribution in [-0.2, 0) is 14.3 Å². The molecule has 2 amide bonds. The first kappa shape index (κ1) is 20.5. The lowest BCUT2D eigenvalue weighted by atomic mass is 10.1. The Bertz CT molecular complexity index is 667. The van der Waals surface area contributed by atoms with Crippen LogP contribution in [0.5, 0.6) is 5.75 Å². The third-order valence-corrected chi connectivity index (χ3v) is 4.76. The van der Waals surface area contributed by atoms with Gasteiger partial charge < -0.3 is 9.47 Å². The summed E-state index contributed by atoms with van der Waals surface area (Å²) in [5.74, 6) is 1.06. The van der Waals surface area contributed by atoms with Crippen LogP contribution in [0.1, 0.15) is 39.7 Å². The van der Waals surface area contributed by atoms with E-state index in [1.165, 1.54) is 16.7 Å². The molecule has 1 aromatic carbocycles. The number of ether oxygens (including phenoxy) is 2. The van der Waals surface area contributed by atoms with Crippen molar-refractivity contribution >= 4 is 29.1 Å². The maximum absolute atomic E-state index is 12.9. The van der Waals surface area contributed by atoms with Gasteiger partial charge in [0.2, 0.25) is 0 Å². The van der Waals surface area contributed by atoms with Gasteiger partial charge in [0.25, 0.3) is 11.8 Å². The molecule has 0 spiro atoms. The zero-order chi connectivity index (χ0) is 19.1. The summed E-state index contributed by atoms with van der Waals surface area (Å²) in [6.07, 6.45) is 0.728. The third-order valence-electron chi connectivity index (χ3n) is 3.80. The van der Waals surface area contributed by atoms with E-state index in [1.807, 2.05) is 52.0 Å². The first-order valence-electron chi connectivity index (χ1n) is 9.07. The lowest BCUT2D eigenvalue weighted by Crippen LogP contribution is -2.33. The van der Waals surface area contributed by atoms with Crippen molar-refractivity contribution in [1.29, 1.82) is 0 Å². The van der Waals surface area contributed by atoms with E-state index in [9.17, 15) is 9.59 Å². The topological polar surface area (TPSA) is 55.8 Å². The Balaban J connectivity index is 2.22. The Morgan fingerprint density at radius 1 is 1.08 bits per heavy atom. The number of hydrogen-bond donors (Lipinski definition) is 0. The first-order chi connectivity index (χ1) is 12.5. The summed E-state index contributed by atoms with van der Waals surface area (Å²) < 4.78 is 11.0. The molecule has 0 bridgehead atoms. The molecule has 0 unspecified atom stereocenters. The molecule has 0 atom stereocenters. The van der Waals surface area contributed by atoms with Crippen LogP contribution in [0, 0.1) is 0 Å². The second kappa shape index (κ2) is 9.78. The molecule has 0 radical (unpaired) electrons. The Kier molecular flexibility index (Phi) is 7.72. The lowest BCUT2D eigenvalue weighted by Gasteiger charge is -2.15. The normalized spacial score (nSPS) is 14.7. The van der Waals surface area contributed by atoms with E-state index in [-0.39, 0.29) is 17.9 Å². The number of amides is 2. The molecule has 2 rings (SSSR count). The fourth-order valence-electron chi connectivity index (χ4n) is 2.73. The highest BCUT2D eigenvalue weighted by molar-refractivity contribution is 8.04. The highest BCUT2D eigenvalue weighted by atomic mass is 32.2. The van der Waals surface area contributed by atoms with Gasteiger partial charge in [-0.05, 0) is 50.6 Å². The van der Waals surface area contributed by atoms with Gasteiger partial charge in [-0.1, -0.05) is 19.1 Å². The molecule has 0 aromatic heterocycles. The predicted octanol–water partition coefficient (Wildman–Crippen LogP) is 3.73. The van der Waals surface area contributed by atoms with E-state index in [4.69, 9.17) is 9.47 Å². The van der Waals surface area contributed by atoms with Crippen LogP contribution in [0.15, 0.2) is 29.2 Å². The Morgan fingerprint density at radius 3 is 2.35 bits per heavy atom. The monoisotopic (exact) mass is 377 g/mol. The van der Waals surface area contributed by atoms with E-state index in [2.05, 4.69) is 0 Å². The maximum atomic E-state index is 12.9. The third kappa shape index (κ3) is 4.89. The highest BCUT2D eigenvalue weighted by Crippen LogP contribution is 2.36. The van der Waals surface area contributed by atoms with Crippen LogP contribution in [-0.4, -0.2) is 48.3 Å². The Morgan fingerprint density at radius 2 is 1.77 bits per heavy atom. The fourth-order valence-corrected chi connectivity index (χ4v) is 3.60. The quantitative estimate of drug-likeness (QED) is 0.459. The molecule has 142 valence electrons. The molecular weight excluding hydrogens is 350 g/mol. The van der Waals surface area contributed by atoms with Gasteiger partial charge in [-0.15, -0.1) is 11.8 Å². The second-order valence-corrected chi connectivity index (χ2v) is 7.41. The molecule has 1 aliphatic rings. The molecule has 1 aromatic rings. The van der Waals surface area contributed by atoms with E-state index < -0.39 is 0 Å². The van der Waals surface area contributed by atoms with Gasteiger partial charge >= 0.3 is 0 Å². The molecule has 0 saturated heterocycles. The minimum Gasteiger partial charge on any atom is -0.491 e. The average Bonchev–Trinajstić information content (AvgIpc) is 2.83. The zero-order valence-electron chi connectivity index (χ0n) is 15.9. The molecule has 26 heavy (non-hydrogen) atoms. The second-order valence-electron chi connectivity index (χ2n) is 6.14. The first-order valence-corrected chi connectivity index (χ1v) is 10.1. The van der Waals surface area contributed by atoms with Gasteiger partial charge in [0.15, 0.2) is 0 Å². The van der Waals surface area contributed by atoms with Gasteiger partial charge in [-0.2, -0.15) is 0 Å². The lowest BCUT2D eigenvalue weighted by molar-refractivity contribution is -0.136. The number of imide groups is 1. The predicted molar refractivity (Wildman–Crippen MR) is 105 cm³/mol. The van der Waals surface area contributed by atoms with Gasteiger partial charge in [0, 0.05) is 19.8 Å². The number of carbonyl (C=O) groups excluding carboxylic acids is 2. The minimum atomic E-state index is -0.222. The zero-order valence-corrected chi connectivity index (χ0v) is 16.7. The molecule has 5 nitrogen and oxygen atoms in total. The van der Waals surface area contributed by atoms with Crippen LogP contribution in [0.2, 0.25) is 0 Å². The van der Waals surface area contributed by atoms with Gasteiger partial charge in [0.1, 0.15) is 5.75 Å². The minimum absolute atomic E-state index is 0.0850. The number of carbonyl (C=O) groups is 2. The van der Waals surface area contributed by atoms with Crippen molar-refractivity contribution in [2.75, 3.05) is 25.5 Å². The van der Waals surface area contributed by atoms with Crippen molar-refractivity contribution in [3.63, 3.8) is 0 Å². The number of hydrogen-bond acceptors (Lipinski definition) is 5. The van der Waals surface area contributed by atoms with Crippen LogP contribution < -0.4 is 4.74 Å². The maximum Gasteiger partial charge on any atom is 0.267 e. The fraction of sp³-hybridized carbons (Fsp3) is 0.500. The highest BCUT2D eigenvalue weighted by Gasteiger charge is 2.38. The largest absolute Gasteiger partial charge is 0.491 e. The number of thioether (sulfide) groups is 1. The van der Waals surface area contributed by atoms with E-state index in [0.29, 0.717) is 36.7 Å². The molecule has 0 fully saturated rings. The van der Waals surface area contributed by atoms with E-state index in [1.54, 1.807) is 0 Å². The van der Waals surface area contributed by atoms with Crippen molar-refractivity contribution in [3.05, 3.63) is 34.7 Å². The molecule has 6 heteroatoms. The summed E-state index contributed by atoms with van der Waals surface area (Å²) in [7, 11) is 0. The van der Waals surface area contributed by atoms with Crippen molar-refractivity contribution in [3.8, 4) is 5.75 Å². The van der Waals surface area contributed by atoms with Crippen LogP contribution in [0.25, 0.3) is 5.57 Å². The van der Waals surface area contributed by atoms with Gasteiger partial charge in [0.05, 0.1) is 16.6 Å². The molecule has 1 heterocycles. The van der Waals surface area contributed by atoms with Crippen LogP contribution in [0.3, 0.4) is 0 Å². The number of rotatable bonds is 10. The summed E-state index contributed by atoms with van der Waals surface area (Å²) >= 11 is 1.42. The molecular formula is C20H27NO4S. The average molecular weight is 378 g/mol. The number of nitrogens with zero attached hydrogens (tertiary/aromatic N) is 1. The summed E-state index contributed by atoms with van der Waals surface area (Å²) in [6, 6.07) is 7.37. The number of benzene rings is 1. The van der Waals surface area contributed by atoms with Crippen molar-refractivity contribution < 1.29 is 19.1 Å². The van der Waals surface area contributed by atoms with E-state index in [0.717, 1.165) is 17.1 Å². The Hall–Kier alpha value is -1.79. The summed E-state index contributed by atoms with van der Waals surface area (Å²) in [4.78, 5) is 27.5. The molecule has 0 aliphatic carbocycles. The standard InChI is InChI=1S/C20H27NO4S/c1-5-24-13-7-12-21-19(22)17(18(20(21)23)26-6-2)15-8-10-16(11-9-15)25-14(3)4/h8-11,14H,5-7,12-13H2,1-4H3. The molecule has 1 aliphatic heterocycles. The summed E-state index contributed by atoms with van der Waals surface area (Å²) in [6.45, 7) is 9.38. The van der Waals surface area contributed by atoms with Crippen molar-refractivity contribution in [2.45, 2.75) is 40.2 Å². The molecule has 0 N–H and O–H groups in total. The van der Waals surface area contributed by atoms with Crippen molar-refractivity contribution in [1.82, 2.24) is 4.90 Å². The molecule has 0 saturated carbocycles. The summed E-state index contributed by atoms with van der Waals surface area (Å²) in [5.41, 5.74) is 1.25. The van der Waals surface area contributed by atoms with E-state index >= 15 is 0 Å². The summed E-state index contributed by atoms with van der Waals surface area (Å²) in [5, 5.41) is 0. The Labute approximate surface area is 159 Å². The SMILES string of the molecule is CCOCCCN1C(=O)C(SCC)=C(c2ccc(OC(C)C)cc2)C1=O. The van der Waals surface area contributed by atoms with Gasteiger partial charge in [-0.3, -0.25) is 14.5 Å². The van der Waals surface area contributed by atoms with Crippen molar-refractivity contribution in [2.24, 2.45) is 0 Å². The van der Waals surface area contributed by atoms with Crippen LogP contribution in [0.4, 0.5) is 0 Å². The van der Waals surface area contributed by atoms with Crippen LogP contribution >= 0.6 is 11.8 Å². The van der Waals surface area contributed by atoms with Gasteiger partial charge in [-0.25, -0.2) is 0 Å².